The number of nitrogens with one attached hydrogen (secondary N) is 2. The number of piperazine rings is 1. The minimum Gasteiger partial charge on any atom is -0.443 e. The zero-order valence-corrected chi connectivity index (χ0v) is 38.1. The third-order valence-electron chi connectivity index (χ3n) is 11.8. The van der Waals surface area contributed by atoms with E-state index in [2.05, 4.69) is 42.5 Å². The number of benzene rings is 2. The molecule has 0 bridgehead atoms. The average Bonchev–Trinajstić information content (AvgIpc) is 4.02. The molecule has 65 heavy (non-hydrogen) atoms. The standard InChI is InChI=1S/C47H63N9O9/c1-32(34-10-12-35(13-11-34)42-33(2)48-31-65-42)49-44(59)39-28-36(57)29-56(39)45(60)43(47(3,4)5)52-41(58)30-64-27-26-63-25-24-62-23-22-61-21-20-53-16-18-54(19-17-53)40-14-15-55-38-9-7-6-8-37(38)50-46(55)51-40/h6-15,31-32,36,39,43,57H,16-30H2,1-5H3,(H,49,59)(H,52,58)/t32?,36-,39+,43?/m1/s1. The van der Waals surface area contributed by atoms with E-state index in [1.165, 1.54) is 11.3 Å². The van der Waals surface area contributed by atoms with E-state index in [-0.39, 0.29) is 44.7 Å². The number of hydrogen-bond donors (Lipinski definition) is 3. The van der Waals surface area contributed by atoms with Crippen LogP contribution in [0, 0.1) is 12.3 Å². The molecule has 3 N–H and O–H groups in total. The third kappa shape index (κ3) is 12.4. The number of anilines is 1. The van der Waals surface area contributed by atoms with Crippen LogP contribution in [-0.4, -0.2) is 162 Å². The number of likely N-dealkylation sites (tertiary alicyclic amines) is 1. The number of para-hydroxylation sites is 2. The predicted octanol–water partition coefficient (Wildman–Crippen LogP) is 3.40. The number of oxazole rings is 1. The number of carbonyl (C=O) groups is 3. The number of aromatic nitrogens is 4. The molecule has 4 atom stereocenters. The van der Waals surface area contributed by atoms with E-state index in [1.54, 1.807) is 0 Å². The summed E-state index contributed by atoms with van der Waals surface area (Å²) in [4.78, 5) is 60.3. The van der Waals surface area contributed by atoms with Crippen molar-refractivity contribution in [3.8, 4) is 11.3 Å². The maximum atomic E-state index is 14.0. The van der Waals surface area contributed by atoms with Crippen LogP contribution in [0.25, 0.3) is 28.1 Å². The minimum absolute atomic E-state index is 0.0225. The lowest BCUT2D eigenvalue weighted by molar-refractivity contribution is -0.144. The van der Waals surface area contributed by atoms with Crippen LogP contribution in [-0.2, 0) is 33.3 Å². The Morgan fingerprint density at radius 1 is 0.862 bits per heavy atom. The lowest BCUT2D eigenvalue weighted by atomic mass is 9.85. The number of amides is 3. The van der Waals surface area contributed by atoms with E-state index in [0.717, 1.165) is 66.4 Å². The van der Waals surface area contributed by atoms with Crippen LogP contribution in [0.15, 0.2) is 71.6 Å². The van der Waals surface area contributed by atoms with Gasteiger partial charge in [0.05, 0.1) is 75.1 Å². The molecule has 2 saturated heterocycles. The first kappa shape index (κ1) is 47.5. The van der Waals surface area contributed by atoms with Crippen molar-refractivity contribution in [2.75, 3.05) is 97.0 Å². The van der Waals surface area contributed by atoms with Crippen LogP contribution in [0.5, 0.6) is 0 Å². The highest BCUT2D eigenvalue weighted by atomic mass is 16.6. The monoisotopic (exact) mass is 897 g/mol. The van der Waals surface area contributed by atoms with Crippen LogP contribution >= 0.6 is 0 Å². The molecule has 18 nitrogen and oxygen atoms in total. The molecule has 2 aliphatic heterocycles. The van der Waals surface area contributed by atoms with E-state index in [4.69, 9.17) is 28.3 Å². The first-order chi connectivity index (χ1) is 31.4. The fourth-order valence-electron chi connectivity index (χ4n) is 8.15. The summed E-state index contributed by atoms with van der Waals surface area (Å²) in [6, 6.07) is 15.5. The topological polar surface area (TPSA) is 198 Å². The zero-order valence-electron chi connectivity index (χ0n) is 38.1. The van der Waals surface area contributed by atoms with E-state index >= 15 is 0 Å². The predicted molar refractivity (Wildman–Crippen MR) is 243 cm³/mol. The first-order valence-corrected chi connectivity index (χ1v) is 22.5. The minimum atomic E-state index is -0.966. The van der Waals surface area contributed by atoms with Crippen LogP contribution in [0.3, 0.4) is 0 Å². The molecule has 0 aliphatic carbocycles. The fraction of sp³-hybridized carbons (Fsp3) is 0.532. The molecule has 3 amide bonds. The van der Waals surface area contributed by atoms with Gasteiger partial charge in [-0.05, 0) is 43.0 Å². The van der Waals surface area contributed by atoms with E-state index < -0.39 is 35.4 Å². The number of β-amino-alcohol motifs (C(OH)–C–C–N with tert-alkyl or cyclic N) is 1. The molecule has 0 spiro atoms. The van der Waals surface area contributed by atoms with E-state index in [9.17, 15) is 19.5 Å². The van der Waals surface area contributed by atoms with Crippen LogP contribution in [0.2, 0.25) is 0 Å². The largest absolute Gasteiger partial charge is 0.443 e. The number of imidazole rings is 1. The van der Waals surface area contributed by atoms with Gasteiger partial charge in [-0.25, -0.2) is 9.97 Å². The molecule has 5 heterocycles. The van der Waals surface area contributed by atoms with Crippen molar-refractivity contribution in [3.05, 3.63) is 78.4 Å². The lowest BCUT2D eigenvalue weighted by Crippen LogP contribution is -2.58. The highest BCUT2D eigenvalue weighted by Gasteiger charge is 2.44. The van der Waals surface area contributed by atoms with Crippen molar-refractivity contribution < 1.29 is 42.9 Å². The molecular weight excluding hydrogens is 835 g/mol. The molecule has 2 aromatic carbocycles. The maximum absolute atomic E-state index is 14.0. The number of nitrogens with zero attached hydrogens (tertiary/aromatic N) is 7. The van der Waals surface area contributed by atoms with Gasteiger partial charge in [-0.3, -0.25) is 23.7 Å². The second-order valence-corrected chi connectivity index (χ2v) is 17.7. The molecule has 7 rings (SSSR count). The van der Waals surface area contributed by atoms with Gasteiger partial charge in [0.25, 0.3) is 0 Å². The second kappa shape index (κ2) is 22.1. The van der Waals surface area contributed by atoms with Crippen molar-refractivity contribution in [2.45, 2.75) is 65.3 Å². The number of ether oxygens (including phenoxy) is 4. The van der Waals surface area contributed by atoms with E-state index in [0.29, 0.717) is 44.6 Å². The summed E-state index contributed by atoms with van der Waals surface area (Å²) in [7, 11) is 0. The first-order valence-electron chi connectivity index (χ1n) is 22.5. The van der Waals surface area contributed by atoms with Gasteiger partial charge in [-0.15, -0.1) is 0 Å². The Morgan fingerprint density at radius 2 is 1.54 bits per heavy atom. The number of carbonyl (C=O) groups excluding carboxylic acids is 3. The van der Waals surface area contributed by atoms with Crippen LogP contribution < -0.4 is 15.5 Å². The summed E-state index contributed by atoms with van der Waals surface area (Å²) in [5.74, 6) is 1.04. The number of aliphatic hydroxyl groups excluding tert-OH is 1. The van der Waals surface area contributed by atoms with Gasteiger partial charge in [-0.1, -0.05) is 57.2 Å². The Labute approximate surface area is 379 Å². The Bertz CT molecular complexity index is 2340. The summed E-state index contributed by atoms with van der Waals surface area (Å²) in [5, 5.41) is 16.4. The number of aliphatic hydroxyl groups is 1. The molecule has 5 aromatic rings. The van der Waals surface area contributed by atoms with E-state index in [1.807, 2.05) is 87.7 Å². The highest BCUT2D eigenvalue weighted by molar-refractivity contribution is 5.93. The molecule has 0 saturated carbocycles. The number of hydrogen-bond acceptors (Lipinski definition) is 14. The molecule has 2 aliphatic rings. The SMILES string of the molecule is Cc1ncoc1-c1ccc(C(C)NC(=O)[C@@H]2C[C@@H](O)CN2C(=O)C(NC(=O)COCCOCCOCCOCCN2CCN(c3ccn4c(n3)nc3ccccc34)CC2)C(C)(C)C)cc1. The average molecular weight is 898 g/mol. The third-order valence-corrected chi connectivity index (χ3v) is 11.8. The Kier molecular flexibility index (Phi) is 16.2. The molecule has 18 heteroatoms. The van der Waals surface area contributed by atoms with Crippen molar-refractivity contribution in [3.63, 3.8) is 0 Å². The van der Waals surface area contributed by atoms with Gasteiger partial charge in [-0.2, -0.15) is 4.98 Å². The van der Waals surface area contributed by atoms with Gasteiger partial charge in [0.15, 0.2) is 12.2 Å². The molecule has 0 radical (unpaired) electrons. The Hall–Kier alpha value is -5.50. The number of aryl methyl sites for hydroxylation is 1. The molecular formula is C47H63N9O9. The molecule has 3 aromatic heterocycles. The lowest BCUT2D eigenvalue weighted by Gasteiger charge is -2.35. The van der Waals surface area contributed by atoms with Gasteiger partial charge >= 0.3 is 0 Å². The molecule has 2 fully saturated rings. The summed E-state index contributed by atoms with van der Waals surface area (Å²) in [6.45, 7) is 16.2. The van der Waals surface area contributed by atoms with Crippen LogP contribution in [0.1, 0.15) is 51.4 Å². The Balaban J connectivity index is 0.725. The molecule has 2 unspecified atom stereocenters. The smallest absolute Gasteiger partial charge is 0.246 e. The van der Waals surface area contributed by atoms with Gasteiger partial charge < -0.3 is 48.9 Å². The van der Waals surface area contributed by atoms with Crippen molar-refractivity contribution in [1.29, 1.82) is 0 Å². The van der Waals surface area contributed by atoms with Crippen molar-refractivity contribution >= 4 is 40.4 Å². The summed E-state index contributed by atoms with van der Waals surface area (Å²) < 4.78 is 30.1. The van der Waals surface area contributed by atoms with Gasteiger partial charge in [0, 0.05) is 57.4 Å². The zero-order chi connectivity index (χ0) is 45.9. The van der Waals surface area contributed by atoms with Crippen molar-refractivity contribution in [1.82, 2.24) is 39.8 Å². The van der Waals surface area contributed by atoms with Gasteiger partial charge in [0.1, 0.15) is 24.5 Å². The summed E-state index contributed by atoms with van der Waals surface area (Å²) >= 11 is 0. The maximum Gasteiger partial charge on any atom is 0.246 e. The van der Waals surface area contributed by atoms with Gasteiger partial charge in [0.2, 0.25) is 23.5 Å². The summed E-state index contributed by atoms with van der Waals surface area (Å²) in [5.41, 5.74) is 3.81. The fourth-order valence-corrected chi connectivity index (χ4v) is 8.15. The number of fused-ring (bicyclic) bond motifs is 3. The second-order valence-electron chi connectivity index (χ2n) is 17.7. The highest BCUT2D eigenvalue weighted by Crippen LogP contribution is 2.28. The molecule has 350 valence electrons. The quantitative estimate of drug-likeness (QED) is 0.0907. The van der Waals surface area contributed by atoms with Crippen molar-refractivity contribution in [2.24, 2.45) is 5.41 Å². The normalized spacial score (nSPS) is 18.1. The Morgan fingerprint density at radius 3 is 2.22 bits per heavy atom. The van der Waals surface area contributed by atoms with Crippen LogP contribution in [0.4, 0.5) is 5.82 Å². The summed E-state index contributed by atoms with van der Waals surface area (Å²) in [6.07, 6.45) is 2.65. The number of rotatable bonds is 21.